The van der Waals surface area contributed by atoms with Crippen molar-refractivity contribution in [2.24, 2.45) is 0 Å². The maximum atomic E-state index is 3.28. The van der Waals surface area contributed by atoms with Gasteiger partial charge in [0.2, 0.25) is 0 Å². The zero-order chi connectivity index (χ0) is 13.8. The lowest BCUT2D eigenvalue weighted by atomic mass is 10.4. The molecule has 3 nitrogen and oxygen atoms in total. The number of nitrogens with one attached hydrogen (secondary N) is 3. The minimum absolute atomic E-state index is 1.09. The molecule has 0 heterocycles. The Labute approximate surface area is 110 Å². The molecule has 0 atom stereocenters. The van der Waals surface area contributed by atoms with E-state index in [9.17, 15) is 0 Å². The minimum atomic E-state index is 1.09. The Morgan fingerprint density at radius 1 is 0.471 bits per heavy atom. The Bertz CT molecular complexity index is 73.5. The molecule has 108 valence electrons. The Balaban J connectivity index is -0.000000177. The topological polar surface area (TPSA) is 36.1 Å². The Morgan fingerprint density at radius 2 is 0.765 bits per heavy atom. The molecule has 0 aromatic heterocycles. The lowest BCUT2D eigenvalue weighted by molar-refractivity contribution is 0.662. The molecule has 17 heavy (non-hydrogen) atoms. The normalized spacial score (nSPS) is 8.82. The predicted molar refractivity (Wildman–Crippen MR) is 81.9 cm³/mol. The molecule has 0 radical (unpaired) electrons. The van der Waals surface area contributed by atoms with Crippen LogP contribution >= 0.6 is 0 Å². The molecule has 3 heteroatoms. The molecular formula is C14H37N3. The molecule has 0 aliphatic rings. The average Bonchev–Trinajstić information content (AvgIpc) is 2.33. The molecule has 0 aromatic rings. The van der Waals surface area contributed by atoms with E-state index in [4.69, 9.17) is 0 Å². The van der Waals surface area contributed by atoms with Crippen molar-refractivity contribution in [3.63, 3.8) is 0 Å². The highest BCUT2D eigenvalue weighted by Gasteiger charge is 1.76. The summed E-state index contributed by atoms with van der Waals surface area (Å²) in [6.07, 6.45) is 2.50. The summed E-state index contributed by atoms with van der Waals surface area (Å²) in [5.41, 5.74) is 0. The molecule has 0 aliphatic heterocycles. The van der Waals surface area contributed by atoms with E-state index in [0.717, 1.165) is 26.2 Å². The third-order valence-electron chi connectivity index (χ3n) is 1.85. The highest BCUT2D eigenvalue weighted by Crippen LogP contribution is 1.71. The summed E-state index contributed by atoms with van der Waals surface area (Å²) in [6, 6.07) is 0. The summed E-state index contributed by atoms with van der Waals surface area (Å²) in [6.45, 7) is 19.5. The van der Waals surface area contributed by atoms with Crippen LogP contribution in [0.15, 0.2) is 0 Å². The summed E-state index contributed by atoms with van der Waals surface area (Å²) in [7, 11) is 0. The fourth-order valence-corrected chi connectivity index (χ4v) is 0.979. The van der Waals surface area contributed by atoms with Gasteiger partial charge in [0.25, 0.3) is 0 Å². The highest BCUT2D eigenvalue weighted by atomic mass is 14.8. The second-order valence-corrected chi connectivity index (χ2v) is 3.66. The summed E-state index contributed by atoms with van der Waals surface area (Å²) >= 11 is 0. The Hall–Kier alpha value is -0.120. The van der Waals surface area contributed by atoms with Gasteiger partial charge in [-0.3, -0.25) is 0 Å². The minimum Gasteiger partial charge on any atom is -0.317 e. The average molecular weight is 247 g/mol. The van der Waals surface area contributed by atoms with Crippen LogP contribution in [0.1, 0.15) is 54.4 Å². The van der Waals surface area contributed by atoms with E-state index < -0.39 is 0 Å². The van der Waals surface area contributed by atoms with E-state index in [1.807, 2.05) is 0 Å². The van der Waals surface area contributed by atoms with Crippen LogP contribution in [0.2, 0.25) is 0 Å². The van der Waals surface area contributed by atoms with Crippen LogP contribution in [0.5, 0.6) is 0 Å². The maximum absolute atomic E-state index is 3.28. The van der Waals surface area contributed by atoms with Crippen LogP contribution in [-0.2, 0) is 0 Å². The molecule has 0 unspecified atom stereocenters. The van der Waals surface area contributed by atoms with Crippen molar-refractivity contribution >= 4 is 0 Å². The molecule has 0 bridgehead atoms. The summed E-state index contributed by atoms with van der Waals surface area (Å²) in [4.78, 5) is 0. The van der Waals surface area contributed by atoms with Crippen molar-refractivity contribution in [1.82, 2.24) is 16.0 Å². The quantitative estimate of drug-likeness (QED) is 0.577. The van der Waals surface area contributed by atoms with Crippen molar-refractivity contribution in [2.75, 3.05) is 39.3 Å². The van der Waals surface area contributed by atoms with Gasteiger partial charge in [0.05, 0.1) is 0 Å². The lowest BCUT2D eigenvalue weighted by Gasteiger charge is -1.95. The van der Waals surface area contributed by atoms with Crippen molar-refractivity contribution in [3.8, 4) is 0 Å². The van der Waals surface area contributed by atoms with Gasteiger partial charge in [0.1, 0.15) is 0 Å². The first-order chi connectivity index (χ1) is 8.24. The number of rotatable bonds is 8. The monoisotopic (exact) mass is 247 g/mol. The van der Waals surface area contributed by atoms with Crippen molar-refractivity contribution < 1.29 is 0 Å². The third kappa shape index (κ3) is 49.3. The molecule has 0 rings (SSSR count). The van der Waals surface area contributed by atoms with Crippen molar-refractivity contribution in [2.45, 2.75) is 54.4 Å². The second kappa shape index (κ2) is 29.7. The molecule has 0 saturated carbocycles. The smallest absolute Gasteiger partial charge is 0.00516 e. The van der Waals surface area contributed by atoms with E-state index >= 15 is 0 Å². The molecule has 0 fully saturated rings. The van der Waals surface area contributed by atoms with E-state index in [-0.39, 0.29) is 0 Å². The molecule has 0 aromatic carbocycles. The molecule has 0 saturated heterocycles. The standard InChI is InChI=1S/C6H15N.2C4H11N/c1-3-5-7-6-4-2;2*1-3-5-4-2/h7H,3-6H2,1-2H3;2*5H,3-4H2,1-2H3. The molecule has 0 aliphatic carbocycles. The Morgan fingerprint density at radius 3 is 0.882 bits per heavy atom. The highest BCUT2D eigenvalue weighted by molar-refractivity contribution is 4.39. The van der Waals surface area contributed by atoms with E-state index in [1.54, 1.807) is 0 Å². The molecular weight excluding hydrogens is 210 g/mol. The van der Waals surface area contributed by atoms with Crippen LogP contribution in [0.25, 0.3) is 0 Å². The lowest BCUT2D eigenvalue weighted by Crippen LogP contribution is -2.14. The molecule has 0 amide bonds. The number of hydrogen-bond acceptors (Lipinski definition) is 3. The number of hydrogen-bond donors (Lipinski definition) is 3. The molecule has 0 spiro atoms. The third-order valence-corrected chi connectivity index (χ3v) is 1.85. The zero-order valence-corrected chi connectivity index (χ0v) is 13.2. The van der Waals surface area contributed by atoms with E-state index in [0.29, 0.717) is 0 Å². The SMILES string of the molecule is CCCNCCC.CCNCC.CCNCC. The second-order valence-electron chi connectivity index (χ2n) is 3.66. The maximum Gasteiger partial charge on any atom is -0.00516 e. The van der Waals surface area contributed by atoms with Crippen LogP contribution in [0.3, 0.4) is 0 Å². The van der Waals surface area contributed by atoms with Gasteiger partial charge in [-0.25, -0.2) is 0 Å². The predicted octanol–water partition coefficient (Wildman–Crippen LogP) is 2.63. The van der Waals surface area contributed by atoms with Crippen molar-refractivity contribution in [3.05, 3.63) is 0 Å². The van der Waals surface area contributed by atoms with E-state index in [2.05, 4.69) is 57.5 Å². The fourth-order valence-electron chi connectivity index (χ4n) is 0.979. The first-order valence-corrected chi connectivity index (χ1v) is 7.36. The van der Waals surface area contributed by atoms with Crippen LogP contribution < -0.4 is 16.0 Å². The van der Waals surface area contributed by atoms with Gasteiger partial charge in [0.15, 0.2) is 0 Å². The Kier molecular flexibility index (Phi) is 38.6. The van der Waals surface area contributed by atoms with Crippen LogP contribution in [0, 0.1) is 0 Å². The van der Waals surface area contributed by atoms with E-state index in [1.165, 1.54) is 25.9 Å². The summed E-state index contributed by atoms with van der Waals surface area (Å²) < 4.78 is 0. The summed E-state index contributed by atoms with van der Waals surface area (Å²) in [5, 5.41) is 9.51. The first kappa shape index (κ1) is 22.1. The molecule has 3 N–H and O–H groups in total. The summed E-state index contributed by atoms with van der Waals surface area (Å²) in [5.74, 6) is 0. The van der Waals surface area contributed by atoms with Gasteiger partial charge in [-0.1, -0.05) is 41.5 Å². The van der Waals surface area contributed by atoms with Crippen molar-refractivity contribution in [1.29, 1.82) is 0 Å². The largest absolute Gasteiger partial charge is 0.317 e. The van der Waals surface area contributed by atoms with Gasteiger partial charge >= 0.3 is 0 Å². The van der Waals surface area contributed by atoms with Gasteiger partial charge in [-0.15, -0.1) is 0 Å². The van der Waals surface area contributed by atoms with Gasteiger partial charge in [-0.2, -0.15) is 0 Å². The first-order valence-electron chi connectivity index (χ1n) is 7.36. The van der Waals surface area contributed by atoms with Crippen LogP contribution in [0.4, 0.5) is 0 Å². The zero-order valence-electron chi connectivity index (χ0n) is 13.2. The van der Waals surface area contributed by atoms with Gasteiger partial charge in [0, 0.05) is 0 Å². The van der Waals surface area contributed by atoms with Crippen LogP contribution in [-0.4, -0.2) is 39.3 Å². The van der Waals surface area contributed by atoms with Gasteiger partial charge < -0.3 is 16.0 Å². The van der Waals surface area contributed by atoms with Gasteiger partial charge in [-0.05, 0) is 52.1 Å². The fraction of sp³-hybridized carbons (Fsp3) is 1.00.